The summed E-state index contributed by atoms with van der Waals surface area (Å²) >= 11 is 0. The third kappa shape index (κ3) is 3.33. The highest BCUT2D eigenvalue weighted by atomic mass is 16.6. The van der Waals surface area contributed by atoms with Crippen molar-refractivity contribution in [3.63, 3.8) is 0 Å². The lowest BCUT2D eigenvalue weighted by molar-refractivity contribution is -0.384. The molecular formula is C15H24N4O2. The van der Waals surface area contributed by atoms with Gasteiger partial charge in [-0.2, -0.15) is 0 Å². The van der Waals surface area contributed by atoms with E-state index in [1.807, 2.05) is 6.07 Å². The molecule has 0 aliphatic carbocycles. The maximum Gasteiger partial charge on any atom is 0.292 e. The summed E-state index contributed by atoms with van der Waals surface area (Å²) in [6, 6.07) is 5.82. The van der Waals surface area contributed by atoms with E-state index in [1.165, 1.54) is 0 Å². The second-order valence-electron chi connectivity index (χ2n) is 6.02. The fourth-order valence-corrected chi connectivity index (χ4v) is 3.25. The van der Waals surface area contributed by atoms with E-state index >= 15 is 0 Å². The average molecular weight is 292 g/mol. The van der Waals surface area contributed by atoms with Crippen LogP contribution in [-0.4, -0.2) is 55.0 Å². The van der Waals surface area contributed by atoms with Crippen molar-refractivity contribution in [1.82, 2.24) is 9.80 Å². The standard InChI is InChI=1S/C15H24N4O2/c1-11-8-18(10-14(11)17(3)4)9-12-6-5-7-13(19(20)21)15(12)16-2/h5-7,11,14,16H,8-10H2,1-4H3. The first-order valence-electron chi connectivity index (χ1n) is 7.26. The van der Waals surface area contributed by atoms with Gasteiger partial charge >= 0.3 is 0 Å². The van der Waals surface area contributed by atoms with Gasteiger partial charge in [-0.15, -0.1) is 0 Å². The van der Waals surface area contributed by atoms with E-state index in [0.717, 1.165) is 25.2 Å². The van der Waals surface area contributed by atoms with Gasteiger partial charge in [0.15, 0.2) is 0 Å². The smallest absolute Gasteiger partial charge is 0.292 e. The first-order valence-corrected chi connectivity index (χ1v) is 7.26. The highest BCUT2D eigenvalue weighted by Crippen LogP contribution is 2.30. The number of likely N-dealkylation sites (tertiary alicyclic amines) is 1. The van der Waals surface area contributed by atoms with Gasteiger partial charge in [-0.3, -0.25) is 15.0 Å². The summed E-state index contributed by atoms with van der Waals surface area (Å²) in [6.45, 7) is 5.03. The van der Waals surface area contributed by atoms with Gasteiger partial charge in [0.05, 0.1) is 4.92 Å². The molecule has 1 aromatic rings. The zero-order valence-corrected chi connectivity index (χ0v) is 13.2. The lowest BCUT2D eigenvalue weighted by Gasteiger charge is -2.23. The topological polar surface area (TPSA) is 61.6 Å². The highest BCUT2D eigenvalue weighted by molar-refractivity contribution is 5.66. The van der Waals surface area contributed by atoms with Crippen molar-refractivity contribution >= 4 is 11.4 Å². The zero-order chi connectivity index (χ0) is 15.6. The molecule has 2 rings (SSSR count). The summed E-state index contributed by atoms with van der Waals surface area (Å²) in [5.74, 6) is 0.608. The Balaban J connectivity index is 2.17. The molecular weight excluding hydrogens is 268 g/mol. The molecule has 1 fully saturated rings. The lowest BCUT2D eigenvalue weighted by Crippen LogP contribution is -2.34. The summed E-state index contributed by atoms with van der Waals surface area (Å²) in [5, 5.41) is 14.1. The largest absolute Gasteiger partial charge is 0.382 e. The Kier molecular flexibility index (Phi) is 4.80. The Morgan fingerprint density at radius 3 is 2.67 bits per heavy atom. The van der Waals surface area contributed by atoms with Crippen LogP contribution in [0.3, 0.4) is 0 Å². The summed E-state index contributed by atoms with van der Waals surface area (Å²) in [4.78, 5) is 15.4. The third-order valence-electron chi connectivity index (χ3n) is 4.28. The second kappa shape index (κ2) is 6.41. The number of para-hydroxylation sites is 1. The van der Waals surface area contributed by atoms with Crippen molar-refractivity contribution in [2.75, 3.05) is 39.5 Å². The van der Waals surface area contributed by atoms with E-state index in [1.54, 1.807) is 19.2 Å². The molecule has 2 atom stereocenters. The molecule has 0 bridgehead atoms. The van der Waals surface area contributed by atoms with E-state index in [9.17, 15) is 10.1 Å². The van der Waals surface area contributed by atoms with Crippen molar-refractivity contribution in [2.24, 2.45) is 5.92 Å². The minimum atomic E-state index is -0.329. The first-order chi connectivity index (χ1) is 9.93. The average Bonchev–Trinajstić information content (AvgIpc) is 2.79. The number of hydrogen-bond acceptors (Lipinski definition) is 5. The molecule has 21 heavy (non-hydrogen) atoms. The second-order valence-corrected chi connectivity index (χ2v) is 6.02. The van der Waals surface area contributed by atoms with Crippen molar-refractivity contribution in [2.45, 2.75) is 19.5 Å². The van der Waals surface area contributed by atoms with Crippen LogP contribution in [0.15, 0.2) is 18.2 Å². The highest BCUT2D eigenvalue weighted by Gasteiger charge is 2.31. The molecule has 0 radical (unpaired) electrons. The van der Waals surface area contributed by atoms with Gasteiger partial charge < -0.3 is 10.2 Å². The van der Waals surface area contributed by atoms with Crippen LogP contribution in [0.25, 0.3) is 0 Å². The van der Waals surface area contributed by atoms with Crippen LogP contribution >= 0.6 is 0 Å². The molecule has 1 aliphatic heterocycles. The maximum atomic E-state index is 11.1. The molecule has 6 heteroatoms. The molecule has 116 valence electrons. The van der Waals surface area contributed by atoms with Gasteiger partial charge in [0.1, 0.15) is 5.69 Å². The molecule has 0 spiro atoms. The Labute approximate surface area is 125 Å². The molecule has 0 aromatic heterocycles. The molecule has 0 saturated carbocycles. The molecule has 1 heterocycles. The number of likely N-dealkylation sites (N-methyl/N-ethyl adjacent to an activating group) is 1. The van der Waals surface area contributed by atoms with Crippen LogP contribution in [0.1, 0.15) is 12.5 Å². The van der Waals surface area contributed by atoms with Crippen LogP contribution in [0.5, 0.6) is 0 Å². The number of nitrogens with one attached hydrogen (secondary N) is 1. The lowest BCUT2D eigenvalue weighted by atomic mass is 10.1. The summed E-state index contributed by atoms with van der Waals surface area (Å²) in [5.41, 5.74) is 1.76. The number of anilines is 1. The first kappa shape index (κ1) is 15.7. The minimum absolute atomic E-state index is 0.145. The van der Waals surface area contributed by atoms with E-state index < -0.39 is 0 Å². The van der Waals surface area contributed by atoms with Crippen LogP contribution in [0.4, 0.5) is 11.4 Å². The van der Waals surface area contributed by atoms with Crippen LogP contribution in [0, 0.1) is 16.0 Å². The molecule has 2 unspecified atom stereocenters. The van der Waals surface area contributed by atoms with E-state index in [0.29, 0.717) is 17.6 Å². The Hall–Kier alpha value is -1.66. The minimum Gasteiger partial charge on any atom is -0.382 e. The SMILES string of the molecule is CNc1c(CN2CC(C)C(N(C)C)C2)cccc1[N+](=O)[O-]. The van der Waals surface area contributed by atoms with Gasteiger partial charge in [-0.1, -0.05) is 19.1 Å². The van der Waals surface area contributed by atoms with E-state index in [2.05, 4.69) is 36.1 Å². The van der Waals surface area contributed by atoms with E-state index in [4.69, 9.17) is 0 Å². The van der Waals surface area contributed by atoms with Crippen LogP contribution in [-0.2, 0) is 6.54 Å². The van der Waals surface area contributed by atoms with Crippen molar-refractivity contribution in [1.29, 1.82) is 0 Å². The Morgan fingerprint density at radius 1 is 1.43 bits per heavy atom. The van der Waals surface area contributed by atoms with Gasteiger partial charge in [-0.05, 0) is 25.6 Å². The van der Waals surface area contributed by atoms with Crippen molar-refractivity contribution in [3.05, 3.63) is 33.9 Å². The van der Waals surface area contributed by atoms with Gasteiger partial charge in [-0.25, -0.2) is 0 Å². The maximum absolute atomic E-state index is 11.1. The normalized spacial score (nSPS) is 22.7. The third-order valence-corrected chi connectivity index (χ3v) is 4.28. The predicted molar refractivity (Wildman–Crippen MR) is 84.6 cm³/mol. The van der Waals surface area contributed by atoms with Gasteiger partial charge in [0.2, 0.25) is 0 Å². The number of nitro groups is 1. The van der Waals surface area contributed by atoms with Gasteiger partial charge in [0.25, 0.3) is 5.69 Å². The van der Waals surface area contributed by atoms with Crippen molar-refractivity contribution in [3.8, 4) is 0 Å². The molecule has 1 N–H and O–H groups in total. The molecule has 1 saturated heterocycles. The molecule has 1 aliphatic rings. The van der Waals surface area contributed by atoms with Gasteiger partial charge in [0, 0.05) is 38.8 Å². The number of rotatable bonds is 5. The monoisotopic (exact) mass is 292 g/mol. The quantitative estimate of drug-likeness (QED) is 0.664. The van der Waals surface area contributed by atoms with E-state index in [-0.39, 0.29) is 10.6 Å². The summed E-state index contributed by atoms with van der Waals surface area (Å²) in [7, 11) is 5.95. The van der Waals surface area contributed by atoms with Crippen molar-refractivity contribution < 1.29 is 4.92 Å². The number of benzene rings is 1. The predicted octanol–water partition coefficient (Wildman–Crippen LogP) is 2.02. The summed E-state index contributed by atoms with van der Waals surface area (Å²) < 4.78 is 0. The number of nitrogens with zero attached hydrogens (tertiary/aromatic N) is 3. The zero-order valence-electron chi connectivity index (χ0n) is 13.2. The fourth-order valence-electron chi connectivity index (χ4n) is 3.25. The van der Waals surface area contributed by atoms with Crippen LogP contribution < -0.4 is 5.32 Å². The Bertz CT molecular complexity index is 518. The summed E-state index contributed by atoms with van der Waals surface area (Å²) in [6.07, 6.45) is 0. The molecule has 1 aromatic carbocycles. The molecule has 6 nitrogen and oxygen atoms in total. The fraction of sp³-hybridized carbons (Fsp3) is 0.600. The molecule has 0 amide bonds. The number of hydrogen-bond donors (Lipinski definition) is 1. The number of nitro benzene ring substituents is 1. The Morgan fingerprint density at radius 2 is 2.14 bits per heavy atom. The van der Waals surface area contributed by atoms with Crippen LogP contribution in [0.2, 0.25) is 0 Å².